The first-order valence-electron chi connectivity index (χ1n) is 11.7. The number of aliphatic hydroxyl groups is 1. The zero-order valence-electron chi connectivity index (χ0n) is 20.4. The Hall–Kier alpha value is -4.06. The van der Waals surface area contributed by atoms with Gasteiger partial charge in [0, 0.05) is 11.8 Å². The Labute approximate surface area is 205 Å². The van der Waals surface area contributed by atoms with Crippen molar-refractivity contribution >= 4 is 23.1 Å². The first-order chi connectivity index (χ1) is 16.9. The van der Waals surface area contributed by atoms with Crippen molar-refractivity contribution in [2.75, 3.05) is 18.1 Å². The van der Waals surface area contributed by atoms with Crippen LogP contribution in [-0.4, -0.2) is 30.0 Å². The lowest BCUT2D eigenvalue weighted by atomic mass is 9.92. The lowest BCUT2D eigenvalue weighted by Crippen LogP contribution is -2.29. The van der Waals surface area contributed by atoms with Crippen LogP contribution in [0.1, 0.15) is 42.1 Å². The van der Waals surface area contributed by atoms with Gasteiger partial charge in [0.05, 0.1) is 30.4 Å². The molecule has 0 spiro atoms. The van der Waals surface area contributed by atoms with Crippen LogP contribution in [0.5, 0.6) is 11.5 Å². The van der Waals surface area contributed by atoms with Gasteiger partial charge in [-0.3, -0.25) is 14.5 Å². The van der Waals surface area contributed by atoms with Crippen molar-refractivity contribution in [2.45, 2.75) is 33.7 Å². The van der Waals surface area contributed by atoms with Crippen LogP contribution in [0.2, 0.25) is 0 Å². The van der Waals surface area contributed by atoms with Gasteiger partial charge < -0.3 is 14.6 Å². The fourth-order valence-corrected chi connectivity index (χ4v) is 4.44. The fourth-order valence-electron chi connectivity index (χ4n) is 4.44. The molecule has 0 saturated carbocycles. The van der Waals surface area contributed by atoms with Crippen LogP contribution in [0.25, 0.3) is 5.76 Å². The maximum Gasteiger partial charge on any atom is 0.300 e. The summed E-state index contributed by atoms with van der Waals surface area (Å²) in [5.41, 5.74) is 3.57. The maximum absolute atomic E-state index is 13.4. The molecule has 180 valence electrons. The minimum absolute atomic E-state index is 0.0240. The van der Waals surface area contributed by atoms with Gasteiger partial charge in [0.2, 0.25) is 0 Å². The number of benzene rings is 3. The Bertz CT molecular complexity index is 1310. The highest BCUT2D eigenvalue weighted by Crippen LogP contribution is 2.44. The second kappa shape index (κ2) is 10.1. The SMILES string of the molecule is CCOc1ccc(/C(O)=C2\C(=O)C(=O)N(c3cccc(C)c3)C2c2ccccc2C)c(OCC)c1. The van der Waals surface area contributed by atoms with Crippen LogP contribution in [0.4, 0.5) is 5.69 Å². The predicted molar refractivity (Wildman–Crippen MR) is 136 cm³/mol. The Morgan fingerprint density at radius 3 is 2.34 bits per heavy atom. The molecule has 1 N–H and O–H groups in total. The number of Topliss-reactive ketones (excluding diaryl/α,β-unsaturated/α-hetero) is 1. The molecular weight excluding hydrogens is 442 g/mol. The molecule has 1 atom stereocenters. The summed E-state index contributed by atoms with van der Waals surface area (Å²) < 4.78 is 11.4. The lowest BCUT2D eigenvalue weighted by molar-refractivity contribution is -0.132. The van der Waals surface area contributed by atoms with Crippen molar-refractivity contribution in [3.05, 3.63) is 94.6 Å². The number of amides is 1. The van der Waals surface area contributed by atoms with Crippen molar-refractivity contribution in [3.8, 4) is 11.5 Å². The van der Waals surface area contributed by atoms with Gasteiger partial charge in [-0.1, -0.05) is 36.4 Å². The van der Waals surface area contributed by atoms with E-state index in [0.717, 1.165) is 16.7 Å². The molecule has 1 fully saturated rings. The number of ether oxygens (including phenoxy) is 2. The predicted octanol–water partition coefficient (Wildman–Crippen LogP) is 5.73. The second-order valence-electron chi connectivity index (χ2n) is 8.39. The Kier molecular flexibility index (Phi) is 6.92. The van der Waals surface area contributed by atoms with E-state index in [4.69, 9.17) is 9.47 Å². The third-order valence-electron chi connectivity index (χ3n) is 6.03. The van der Waals surface area contributed by atoms with Crippen molar-refractivity contribution in [1.82, 2.24) is 0 Å². The summed E-state index contributed by atoms with van der Waals surface area (Å²) in [4.78, 5) is 28.3. The lowest BCUT2D eigenvalue weighted by Gasteiger charge is -2.27. The molecule has 0 aromatic heterocycles. The summed E-state index contributed by atoms with van der Waals surface area (Å²) in [7, 11) is 0. The first kappa shape index (κ1) is 24.1. The van der Waals surface area contributed by atoms with Crippen molar-refractivity contribution in [2.24, 2.45) is 0 Å². The van der Waals surface area contributed by atoms with Crippen LogP contribution < -0.4 is 14.4 Å². The molecule has 1 aliphatic heterocycles. The highest BCUT2D eigenvalue weighted by atomic mass is 16.5. The summed E-state index contributed by atoms with van der Waals surface area (Å²) in [6.45, 7) is 8.40. The summed E-state index contributed by atoms with van der Waals surface area (Å²) in [6, 6.07) is 19.2. The van der Waals surface area contributed by atoms with Crippen LogP contribution in [0.15, 0.2) is 72.3 Å². The third kappa shape index (κ3) is 4.52. The maximum atomic E-state index is 13.4. The van der Waals surface area contributed by atoms with Gasteiger partial charge in [-0.2, -0.15) is 0 Å². The van der Waals surface area contributed by atoms with Gasteiger partial charge >= 0.3 is 0 Å². The van der Waals surface area contributed by atoms with E-state index in [2.05, 4.69) is 0 Å². The van der Waals surface area contributed by atoms with Crippen molar-refractivity contribution < 1.29 is 24.2 Å². The number of ketones is 1. The molecule has 6 nitrogen and oxygen atoms in total. The smallest absolute Gasteiger partial charge is 0.300 e. The number of hydrogen-bond donors (Lipinski definition) is 1. The number of carbonyl (C=O) groups excluding carboxylic acids is 2. The van der Waals surface area contributed by atoms with Gasteiger partial charge in [-0.05, 0) is 68.7 Å². The molecule has 4 rings (SSSR count). The number of nitrogens with zero attached hydrogens (tertiary/aromatic N) is 1. The van der Waals surface area contributed by atoms with E-state index in [1.165, 1.54) is 4.90 Å². The van der Waals surface area contributed by atoms with E-state index in [9.17, 15) is 14.7 Å². The quantitative estimate of drug-likeness (QED) is 0.271. The van der Waals surface area contributed by atoms with E-state index in [-0.39, 0.29) is 11.3 Å². The van der Waals surface area contributed by atoms with Crippen LogP contribution in [0, 0.1) is 13.8 Å². The molecule has 35 heavy (non-hydrogen) atoms. The third-order valence-corrected chi connectivity index (χ3v) is 6.03. The zero-order chi connectivity index (χ0) is 25.1. The van der Waals surface area contributed by atoms with E-state index in [0.29, 0.717) is 36.0 Å². The number of rotatable bonds is 7. The molecule has 0 bridgehead atoms. The van der Waals surface area contributed by atoms with Crippen molar-refractivity contribution in [1.29, 1.82) is 0 Å². The summed E-state index contributed by atoms with van der Waals surface area (Å²) in [5, 5.41) is 11.5. The summed E-state index contributed by atoms with van der Waals surface area (Å²) in [6.07, 6.45) is 0. The first-order valence-corrected chi connectivity index (χ1v) is 11.7. The topological polar surface area (TPSA) is 76.1 Å². The van der Waals surface area contributed by atoms with Gasteiger partial charge in [0.1, 0.15) is 17.3 Å². The number of anilines is 1. The van der Waals surface area contributed by atoms with Gasteiger partial charge in [0.25, 0.3) is 11.7 Å². The molecule has 1 heterocycles. The molecule has 3 aromatic rings. The standard InChI is InChI=1S/C29H29NO5/c1-5-34-21-14-15-23(24(17-21)35-6-2)27(31)25-26(22-13-8-7-11-19(22)4)30(29(33)28(25)32)20-12-9-10-18(3)16-20/h7-17,26,31H,5-6H2,1-4H3/b27-25+. The van der Waals surface area contributed by atoms with Crippen LogP contribution in [0.3, 0.4) is 0 Å². The molecule has 1 saturated heterocycles. The van der Waals surface area contributed by atoms with Gasteiger partial charge in [-0.25, -0.2) is 0 Å². The minimum atomic E-state index is -0.793. The van der Waals surface area contributed by atoms with Crippen LogP contribution in [-0.2, 0) is 9.59 Å². The Morgan fingerprint density at radius 1 is 0.914 bits per heavy atom. The monoisotopic (exact) mass is 471 g/mol. The van der Waals surface area contributed by atoms with E-state index in [1.807, 2.05) is 70.2 Å². The molecule has 6 heteroatoms. The summed E-state index contributed by atoms with van der Waals surface area (Å²) in [5.74, 6) is -0.745. The highest BCUT2D eigenvalue weighted by Gasteiger charge is 2.47. The highest BCUT2D eigenvalue weighted by molar-refractivity contribution is 6.51. The number of aliphatic hydroxyl groups excluding tert-OH is 1. The Balaban J connectivity index is 1.97. The second-order valence-corrected chi connectivity index (χ2v) is 8.39. The number of carbonyl (C=O) groups is 2. The van der Waals surface area contributed by atoms with Crippen LogP contribution >= 0.6 is 0 Å². The number of aryl methyl sites for hydroxylation is 2. The molecule has 3 aromatic carbocycles. The molecule has 0 aliphatic carbocycles. The molecule has 1 unspecified atom stereocenters. The normalized spacial score (nSPS) is 17.0. The molecular formula is C29H29NO5. The van der Waals surface area contributed by atoms with Gasteiger partial charge in [0.15, 0.2) is 0 Å². The largest absolute Gasteiger partial charge is 0.507 e. The average Bonchev–Trinajstić information content (AvgIpc) is 3.10. The number of hydrogen-bond acceptors (Lipinski definition) is 5. The van der Waals surface area contributed by atoms with E-state index < -0.39 is 17.7 Å². The summed E-state index contributed by atoms with van der Waals surface area (Å²) >= 11 is 0. The molecule has 1 amide bonds. The van der Waals surface area contributed by atoms with E-state index in [1.54, 1.807) is 24.3 Å². The average molecular weight is 472 g/mol. The zero-order valence-corrected chi connectivity index (χ0v) is 20.4. The van der Waals surface area contributed by atoms with E-state index >= 15 is 0 Å². The van der Waals surface area contributed by atoms with Crippen molar-refractivity contribution in [3.63, 3.8) is 0 Å². The molecule has 0 radical (unpaired) electrons. The Morgan fingerprint density at radius 2 is 1.66 bits per heavy atom. The minimum Gasteiger partial charge on any atom is -0.507 e. The van der Waals surface area contributed by atoms with Gasteiger partial charge in [-0.15, -0.1) is 0 Å². The molecule has 1 aliphatic rings. The fraction of sp³-hybridized carbons (Fsp3) is 0.241.